The fourth-order valence-corrected chi connectivity index (χ4v) is 2.01. The van der Waals surface area contributed by atoms with E-state index >= 15 is 0 Å². The average Bonchev–Trinajstić information content (AvgIpc) is 2.54. The van der Waals surface area contributed by atoms with Crippen molar-refractivity contribution in [2.45, 2.75) is 24.9 Å². The highest BCUT2D eigenvalue weighted by molar-refractivity contribution is 5.22. The van der Waals surface area contributed by atoms with Crippen LogP contribution >= 0.6 is 0 Å². The summed E-state index contributed by atoms with van der Waals surface area (Å²) in [6.07, 6.45) is 2.37. The summed E-state index contributed by atoms with van der Waals surface area (Å²) < 4.78 is 18.2. The minimum atomic E-state index is -0.766. The molecule has 4 heteroatoms. The van der Waals surface area contributed by atoms with Crippen LogP contribution in [0.25, 0.3) is 0 Å². The number of hydrogen-bond donors (Lipinski definition) is 2. The number of benzene rings is 1. The Hall–Kier alpha value is -1.13. The molecule has 1 aromatic carbocycles. The maximum Gasteiger partial charge on any atom is 0.123 e. The quantitative estimate of drug-likeness (QED) is 0.843. The Bertz CT molecular complexity index is 345. The monoisotopic (exact) mass is 239 g/mol. The highest BCUT2D eigenvalue weighted by atomic mass is 19.1. The average molecular weight is 239 g/mol. The fraction of sp³-hybridized carbons (Fsp3) is 0.538. The maximum atomic E-state index is 12.7. The molecule has 0 spiro atoms. The number of hydrogen-bond acceptors (Lipinski definition) is 3. The summed E-state index contributed by atoms with van der Waals surface area (Å²) in [5.74, 6) is 0.312. The van der Waals surface area contributed by atoms with E-state index in [1.807, 2.05) is 0 Å². The van der Waals surface area contributed by atoms with E-state index in [0.29, 0.717) is 12.2 Å². The minimum Gasteiger partial charge on any atom is -0.491 e. The molecule has 1 fully saturated rings. The van der Waals surface area contributed by atoms with Gasteiger partial charge in [0.2, 0.25) is 0 Å². The van der Waals surface area contributed by atoms with E-state index in [9.17, 15) is 9.50 Å². The molecule has 1 aliphatic heterocycles. The molecule has 1 heterocycles. The van der Waals surface area contributed by atoms with E-state index in [4.69, 9.17) is 4.74 Å². The second kappa shape index (κ2) is 5.47. The summed E-state index contributed by atoms with van der Waals surface area (Å²) in [6.45, 7) is 2.02. The van der Waals surface area contributed by atoms with Crippen molar-refractivity contribution in [1.82, 2.24) is 5.32 Å². The minimum absolute atomic E-state index is 0.264. The smallest absolute Gasteiger partial charge is 0.123 e. The van der Waals surface area contributed by atoms with Gasteiger partial charge in [-0.1, -0.05) is 0 Å². The SMILES string of the molecule is OC1(COc2ccc(F)cc2)CCCNCC1. The zero-order valence-corrected chi connectivity index (χ0v) is 9.79. The number of halogens is 1. The lowest BCUT2D eigenvalue weighted by molar-refractivity contribution is -0.0147. The molecule has 1 atom stereocenters. The second-order valence-electron chi connectivity index (χ2n) is 4.57. The van der Waals surface area contributed by atoms with Gasteiger partial charge in [-0.2, -0.15) is 0 Å². The first kappa shape index (κ1) is 12.3. The van der Waals surface area contributed by atoms with Crippen molar-refractivity contribution in [3.8, 4) is 5.75 Å². The molecule has 0 radical (unpaired) electrons. The highest BCUT2D eigenvalue weighted by Crippen LogP contribution is 2.21. The molecule has 17 heavy (non-hydrogen) atoms. The molecular weight excluding hydrogens is 221 g/mol. The molecule has 2 rings (SSSR count). The van der Waals surface area contributed by atoms with Crippen molar-refractivity contribution < 1.29 is 14.2 Å². The first-order chi connectivity index (χ1) is 8.18. The molecule has 0 amide bonds. The van der Waals surface area contributed by atoms with Gasteiger partial charge in [0.25, 0.3) is 0 Å². The third kappa shape index (κ3) is 3.68. The molecule has 0 bridgehead atoms. The van der Waals surface area contributed by atoms with Gasteiger partial charge >= 0.3 is 0 Å². The summed E-state index contributed by atoms with van der Waals surface area (Å²) >= 11 is 0. The van der Waals surface area contributed by atoms with Crippen molar-refractivity contribution >= 4 is 0 Å². The second-order valence-corrected chi connectivity index (χ2v) is 4.57. The Morgan fingerprint density at radius 1 is 1.24 bits per heavy atom. The summed E-state index contributed by atoms with van der Waals surface area (Å²) in [6, 6.07) is 5.86. The van der Waals surface area contributed by atoms with Gasteiger partial charge in [0.1, 0.15) is 18.2 Å². The molecule has 0 aromatic heterocycles. The van der Waals surface area contributed by atoms with Crippen LogP contribution in [0.5, 0.6) is 5.75 Å². The van der Waals surface area contributed by atoms with E-state index in [2.05, 4.69) is 5.32 Å². The van der Waals surface area contributed by atoms with Gasteiger partial charge in [-0.15, -0.1) is 0 Å². The first-order valence-electron chi connectivity index (χ1n) is 5.99. The normalized spacial score (nSPS) is 25.3. The molecule has 1 aromatic rings. The van der Waals surface area contributed by atoms with Crippen LogP contribution in [0.15, 0.2) is 24.3 Å². The van der Waals surface area contributed by atoms with Crippen LogP contribution in [-0.4, -0.2) is 30.4 Å². The maximum absolute atomic E-state index is 12.7. The Balaban J connectivity index is 1.89. The molecule has 3 nitrogen and oxygen atoms in total. The van der Waals surface area contributed by atoms with Crippen LogP contribution in [0.1, 0.15) is 19.3 Å². The van der Waals surface area contributed by atoms with Gasteiger partial charge in [0, 0.05) is 0 Å². The van der Waals surface area contributed by atoms with Crippen LogP contribution in [-0.2, 0) is 0 Å². The van der Waals surface area contributed by atoms with Gasteiger partial charge in [0.15, 0.2) is 0 Å². The lowest BCUT2D eigenvalue weighted by Crippen LogP contribution is -2.36. The Kier molecular flexibility index (Phi) is 3.97. The van der Waals surface area contributed by atoms with Gasteiger partial charge < -0.3 is 15.2 Å². The third-order valence-corrected chi connectivity index (χ3v) is 3.08. The van der Waals surface area contributed by atoms with E-state index in [-0.39, 0.29) is 12.4 Å². The number of nitrogens with one attached hydrogen (secondary N) is 1. The largest absolute Gasteiger partial charge is 0.491 e. The summed E-state index contributed by atoms with van der Waals surface area (Å²) in [4.78, 5) is 0. The topological polar surface area (TPSA) is 41.5 Å². The van der Waals surface area contributed by atoms with E-state index in [0.717, 1.165) is 25.9 Å². The lowest BCUT2D eigenvalue weighted by Gasteiger charge is -2.26. The van der Waals surface area contributed by atoms with Crippen molar-refractivity contribution in [3.63, 3.8) is 0 Å². The number of rotatable bonds is 3. The first-order valence-corrected chi connectivity index (χ1v) is 5.99. The molecular formula is C13H18FNO2. The predicted octanol–water partition coefficient (Wildman–Crippen LogP) is 1.71. The molecule has 94 valence electrons. The molecule has 2 N–H and O–H groups in total. The van der Waals surface area contributed by atoms with Gasteiger partial charge in [-0.25, -0.2) is 4.39 Å². The third-order valence-electron chi connectivity index (χ3n) is 3.08. The highest BCUT2D eigenvalue weighted by Gasteiger charge is 2.28. The van der Waals surface area contributed by atoms with Crippen molar-refractivity contribution in [2.75, 3.05) is 19.7 Å². The summed E-state index contributed by atoms with van der Waals surface area (Å²) in [5.41, 5.74) is -0.766. The van der Waals surface area contributed by atoms with Gasteiger partial charge in [0.05, 0.1) is 5.60 Å². The molecule has 1 unspecified atom stereocenters. The lowest BCUT2D eigenvalue weighted by atomic mass is 9.96. The Labute approximate surface area is 101 Å². The van der Waals surface area contributed by atoms with Crippen molar-refractivity contribution in [3.05, 3.63) is 30.1 Å². The van der Waals surface area contributed by atoms with Crippen molar-refractivity contribution in [2.24, 2.45) is 0 Å². The molecule has 1 saturated heterocycles. The fourth-order valence-electron chi connectivity index (χ4n) is 2.01. The summed E-state index contributed by atoms with van der Waals surface area (Å²) in [5, 5.41) is 13.6. The Morgan fingerprint density at radius 3 is 2.76 bits per heavy atom. The van der Waals surface area contributed by atoms with Crippen LogP contribution < -0.4 is 10.1 Å². The van der Waals surface area contributed by atoms with Gasteiger partial charge in [-0.05, 0) is 56.6 Å². The van der Waals surface area contributed by atoms with Crippen LogP contribution in [0.4, 0.5) is 4.39 Å². The molecule has 1 aliphatic rings. The van der Waals surface area contributed by atoms with E-state index in [1.54, 1.807) is 12.1 Å². The van der Waals surface area contributed by atoms with Crippen LogP contribution in [0.3, 0.4) is 0 Å². The Morgan fingerprint density at radius 2 is 2.00 bits per heavy atom. The zero-order valence-electron chi connectivity index (χ0n) is 9.79. The standard InChI is InChI=1S/C13H18FNO2/c14-11-2-4-12(5-3-11)17-10-13(16)6-1-8-15-9-7-13/h2-5,15-16H,1,6-10H2. The van der Waals surface area contributed by atoms with Crippen LogP contribution in [0, 0.1) is 5.82 Å². The number of aliphatic hydroxyl groups is 1. The summed E-state index contributed by atoms with van der Waals surface area (Å²) in [7, 11) is 0. The van der Waals surface area contributed by atoms with Gasteiger partial charge in [-0.3, -0.25) is 0 Å². The number of ether oxygens (including phenoxy) is 1. The molecule has 0 saturated carbocycles. The van der Waals surface area contributed by atoms with Crippen molar-refractivity contribution in [1.29, 1.82) is 0 Å². The molecule has 0 aliphatic carbocycles. The van der Waals surface area contributed by atoms with E-state index in [1.165, 1.54) is 12.1 Å². The predicted molar refractivity (Wildman–Crippen MR) is 63.6 cm³/mol. The zero-order chi connectivity index (χ0) is 12.1. The van der Waals surface area contributed by atoms with Crippen LogP contribution in [0.2, 0.25) is 0 Å². The van der Waals surface area contributed by atoms with E-state index < -0.39 is 5.60 Å².